The molecule has 3 heteroatoms. The highest BCUT2D eigenvalue weighted by Gasteiger charge is 2.19. The first-order chi connectivity index (χ1) is 8.53. The molecule has 1 atom stereocenters. The smallest absolute Gasteiger partial charge is 0.132 e. The highest BCUT2D eigenvalue weighted by molar-refractivity contribution is 5.78. The topological polar surface area (TPSA) is 52.3 Å². The van der Waals surface area contributed by atoms with Gasteiger partial charge in [0.15, 0.2) is 0 Å². The molecular formula is C15H29NO2. The zero-order valence-corrected chi connectivity index (χ0v) is 12.0. The first-order valence-corrected chi connectivity index (χ1v) is 7.37. The van der Waals surface area contributed by atoms with Crippen molar-refractivity contribution in [2.45, 2.75) is 71.3 Å². The molecular weight excluding hydrogens is 226 g/mol. The largest absolute Gasteiger partial charge is 0.378 e. The van der Waals surface area contributed by atoms with Crippen LogP contribution in [0, 0.1) is 5.41 Å². The first-order valence-electron chi connectivity index (χ1n) is 7.37. The summed E-state index contributed by atoms with van der Waals surface area (Å²) in [6.45, 7) is 6.01. The van der Waals surface area contributed by atoms with Gasteiger partial charge in [-0.2, -0.15) is 0 Å². The normalized spacial score (nSPS) is 20.3. The molecule has 1 fully saturated rings. The molecule has 3 nitrogen and oxygen atoms in total. The van der Waals surface area contributed by atoms with Gasteiger partial charge in [0.05, 0.1) is 6.10 Å². The number of nitrogens with two attached hydrogens (primary N) is 1. The van der Waals surface area contributed by atoms with E-state index in [2.05, 4.69) is 13.8 Å². The van der Waals surface area contributed by atoms with Crippen LogP contribution in [0.3, 0.4) is 0 Å². The maximum atomic E-state index is 11.8. The van der Waals surface area contributed by atoms with Crippen molar-refractivity contribution < 1.29 is 9.53 Å². The number of carbonyl (C=O) groups is 1. The van der Waals surface area contributed by atoms with Crippen molar-refractivity contribution in [1.82, 2.24) is 0 Å². The van der Waals surface area contributed by atoms with Gasteiger partial charge in [0.1, 0.15) is 5.78 Å². The molecule has 1 saturated heterocycles. The third-order valence-electron chi connectivity index (χ3n) is 3.91. The van der Waals surface area contributed by atoms with E-state index >= 15 is 0 Å². The Morgan fingerprint density at radius 1 is 1.33 bits per heavy atom. The van der Waals surface area contributed by atoms with E-state index in [1.54, 1.807) is 0 Å². The molecule has 0 bridgehead atoms. The minimum atomic E-state index is 0.207. The Bertz CT molecular complexity index is 245. The molecule has 0 spiro atoms. The summed E-state index contributed by atoms with van der Waals surface area (Å²) < 4.78 is 5.56. The second-order valence-electron chi connectivity index (χ2n) is 6.27. The molecule has 1 aliphatic rings. The molecule has 1 rings (SSSR count). The molecule has 1 heterocycles. The predicted octanol–water partition coefficient (Wildman–Crippen LogP) is 3.06. The third kappa shape index (κ3) is 6.50. The van der Waals surface area contributed by atoms with E-state index in [-0.39, 0.29) is 5.41 Å². The summed E-state index contributed by atoms with van der Waals surface area (Å²) in [5.41, 5.74) is 5.78. The summed E-state index contributed by atoms with van der Waals surface area (Å²) in [7, 11) is 0. The molecule has 2 N–H and O–H groups in total. The van der Waals surface area contributed by atoms with Crippen LogP contribution < -0.4 is 5.73 Å². The number of hydrogen-bond donors (Lipinski definition) is 1. The van der Waals surface area contributed by atoms with Crippen molar-refractivity contribution in [3.63, 3.8) is 0 Å². The molecule has 0 aromatic heterocycles. The lowest BCUT2D eigenvalue weighted by atomic mass is 9.83. The van der Waals surface area contributed by atoms with Gasteiger partial charge in [-0.3, -0.25) is 4.79 Å². The van der Waals surface area contributed by atoms with Gasteiger partial charge in [-0.15, -0.1) is 0 Å². The molecule has 1 unspecified atom stereocenters. The van der Waals surface area contributed by atoms with Crippen molar-refractivity contribution >= 4 is 5.78 Å². The Hall–Kier alpha value is -0.410. The minimum absolute atomic E-state index is 0.207. The van der Waals surface area contributed by atoms with Crippen LogP contribution in [0.4, 0.5) is 0 Å². The zero-order chi connectivity index (χ0) is 13.4. The molecule has 0 amide bonds. The lowest BCUT2D eigenvalue weighted by Crippen LogP contribution is -2.18. The first kappa shape index (κ1) is 15.6. The van der Waals surface area contributed by atoms with E-state index in [9.17, 15) is 4.79 Å². The summed E-state index contributed by atoms with van der Waals surface area (Å²) in [5.74, 6) is 0.401. The Balaban J connectivity index is 2.06. The maximum absolute atomic E-state index is 11.8. The van der Waals surface area contributed by atoms with Crippen LogP contribution in [0.1, 0.15) is 65.2 Å². The van der Waals surface area contributed by atoms with E-state index in [0.29, 0.717) is 24.9 Å². The molecule has 1 aliphatic heterocycles. The highest BCUT2D eigenvalue weighted by atomic mass is 16.5. The Labute approximate surface area is 111 Å². The second-order valence-corrected chi connectivity index (χ2v) is 6.27. The van der Waals surface area contributed by atoms with Gasteiger partial charge in [-0.25, -0.2) is 0 Å². The van der Waals surface area contributed by atoms with Crippen LogP contribution in [0.15, 0.2) is 0 Å². The van der Waals surface area contributed by atoms with E-state index < -0.39 is 0 Å². The lowest BCUT2D eigenvalue weighted by Gasteiger charge is -2.23. The van der Waals surface area contributed by atoms with Crippen molar-refractivity contribution in [1.29, 1.82) is 0 Å². The quantitative estimate of drug-likeness (QED) is 0.689. The van der Waals surface area contributed by atoms with Crippen molar-refractivity contribution in [2.24, 2.45) is 11.1 Å². The number of ether oxygens (including phenoxy) is 1. The van der Waals surface area contributed by atoms with Gasteiger partial charge in [0, 0.05) is 19.4 Å². The van der Waals surface area contributed by atoms with Crippen LogP contribution in [0.5, 0.6) is 0 Å². The fourth-order valence-electron chi connectivity index (χ4n) is 2.52. The molecule has 0 aliphatic carbocycles. The van der Waals surface area contributed by atoms with Gasteiger partial charge >= 0.3 is 0 Å². The van der Waals surface area contributed by atoms with Crippen LogP contribution in [0.25, 0.3) is 0 Å². The third-order valence-corrected chi connectivity index (χ3v) is 3.91. The molecule has 0 radical (unpaired) electrons. The van der Waals surface area contributed by atoms with Gasteiger partial charge < -0.3 is 10.5 Å². The molecule has 0 saturated carbocycles. The van der Waals surface area contributed by atoms with Crippen LogP contribution in [0.2, 0.25) is 0 Å². The molecule has 18 heavy (non-hydrogen) atoms. The molecule has 106 valence electrons. The molecule has 0 aromatic carbocycles. The Morgan fingerprint density at radius 2 is 2.11 bits per heavy atom. The van der Waals surface area contributed by atoms with Gasteiger partial charge in [0.2, 0.25) is 0 Å². The predicted molar refractivity (Wildman–Crippen MR) is 74.5 cm³/mol. The van der Waals surface area contributed by atoms with Crippen molar-refractivity contribution in [3.05, 3.63) is 0 Å². The van der Waals surface area contributed by atoms with Crippen LogP contribution >= 0.6 is 0 Å². The average Bonchev–Trinajstić information content (AvgIpc) is 2.79. The summed E-state index contributed by atoms with van der Waals surface area (Å²) in [5, 5.41) is 0. The Kier molecular flexibility index (Phi) is 6.87. The standard InChI is InChI=1S/C15H29NO2/c1-15(2,10-11-16)9-8-13(17)5-3-6-14-7-4-12-18-14/h14H,3-12,16H2,1-2H3. The lowest BCUT2D eigenvalue weighted by molar-refractivity contribution is -0.119. The maximum Gasteiger partial charge on any atom is 0.132 e. The zero-order valence-electron chi connectivity index (χ0n) is 12.0. The SMILES string of the molecule is CC(C)(CCN)CCC(=O)CCCC1CCCO1. The summed E-state index contributed by atoms with van der Waals surface area (Å²) in [6, 6.07) is 0. The van der Waals surface area contributed by atoms with Gasteiger partial charge in [-0.1, -0.05) is 13.8 Å². The van der Waals surface area contributed by atoms with Crippen molar-refractivity contribution in [3.8, 4) is 0 Å². The number of ketones is 1. The van der Waals surface area contributed by atoms with E-state index in [1.807, 2.05) is 0 Å². The fraction of sp³-hybridized carbons (Fsp3) is 0.933. The molecule has 0 aromatic rings. The summed E-state index contributed by atoms with van der Waals surface area (Å²) in [6.07, 6.45) is 8.21. The van der Waals surface area contributed by atoms with Crippen LogP contribution in [-0.4, -0.2) is 25.0 Å². The minimum Gasteiger partial charge on any atom is -0.378 e. The average molecular weight is 255 g/mol. The van der Waals surface area contributed by atoms with E-state index in [1.165, 1.54) is 12.8 Å². The number of Topliss-reactive ketones (excluding diaryl/α,β-unsaturated/α-hetero) is 1. The van der Waals surface area contributed by atoms with E-state index in [4.69, 9.17) is 10.5 Å². The van der Waals surface area contributed by atoms with E-state index in [0.717, 1.165) is 38.7 Å². The monoisotopic (exact) mass is 255 g/mol. The number of hydrogen-bond acceptors (Lipinski definition) is 3. The number of carbonyl (C=O) groups excluding carboxylic acids is 1. The number of rotatable bonds is 9. The second kappa shape index (κ2) is 7.90. The fourth-order valence-corrected chi connectivity index (χ4v) is 2.52. The Morgan fingerprint density at radius 3 is 2.72 bits per heavy atom. The summed E-state index contributed by atoms with van der Waals surface area (Å²) >= 11 is 0. The van der Waals surface area contributed by atoms with Crippen LogP contribution in [-0.2, 0) is 9.53 Å². The van der Waals surface area contributed by atoms with Crippen molar-refractivity contribution in [2.75, 3.05) is 13.2 Å². The highest BCUT2D eigenvalue weighted by Crippen LogP contribution is 2.26. The van der Waals surface area contributed by atoms with Gasteiger partial charge in [0.25, 0.3) is 0 Å². The van der Waals surface area contributed by atoms with Gasteiger partial charge in [-0.05, 0) is 50.5 Å². The summed E-state index contributed by atoms with van der Waals surface area (Å²) in [4.78, 5) is 11.8.